The molecule has 0 radical (unpaired) electrons. The fourth-order valence-corrected chi connectivity index (χ4v) is 1.54. The lowest BCUT2D eigenvalue weighted by Gasteiger charge is -2.15. The van der Waals surface area contributed by atoms with Gasteiger partial charge in [-0.15, -0.1) is 11.6 Å². The van der Waals surface area contributed by atoms with E-state index in [1.807, 2.05) is 13.0 Å². The second-order valence-corrected chi connectivity index (χ2v) is 4.43. The van der Waals surface area contributed by atoms with Crippen LogP contribution in [0.1, 0.15) is 5.56 Å². The Bertz CT molecular complexity index is 322. The summed E-state index contributed by atoms with van der Waals surface area (Å²) in [5.74, 6) is 1.31. The first-order chi connectivity index (χ1) is 7.17. The van der Waals surface area contributed by atoms with Crippen LogP contribution in [0.2, 0.25) is 0 Å². The molecule has 3 nitrogen and oxygen atoms in total. The Balaban J connectivity index is 2.66. The molecule has 1 N–H and O–H groups in total. The Hall–Kier alpha value is -0.320. The lowest BCUT2D eigenvalue weighted by atomic mass is 10.3. The van der Waals surface area contributed by atoms with Crippen LogP contribution in [0.3, 0.4) is 0 Å². The topological polar surface area (TPSA) is 34.1 Å². The van der Waals surface area contributed by atoms with Gasteiger partial charge in [0.05, 0.1) is 12.6 Å². The molecule has 0 spiro atoms. The number of nitrogens with one attached hydrogen (secondary N) is 1. The Kier molecular flexibility index (Phi) is 5.36. The summed E-state index contributed by atoms with van der Waals surface area (Å²) in [6, 6.07) is 2.06. The van der Waals surface area contributed by atoms with Crippen molar-refractivity contribution in [3.05, 3.63) is 22.3 Å². The average molecular weight is 294 g/mol. The molecule has 84 valence electrons. The van der Waals surface area contributed by atoms with E-state index < -0.39 is 0 Å². The number of hydrogen-bond acceptors (Lipinski definition) is 3. The number of halogens is 2. The summed E-state index contributed by atoms with van der Waals surface area (Å²) in [5, 5.41) is 3.21. The van der Waals surface area contributed by atoms with Gasteiger partial charge in [-0.05, 0) is 34.5 Å². The minimum atomic E-state index is 0.0877. The minimum Gasteiger partial charge on any atom is -0.383 e. The van der Waals surface area contributed by atoms with Crippen molar-refractivity contribution in [2.75, 3.05) is 24.9 Å². The standard InChI is InChI=1S/C10H14BrClN2O/c1-7-3-10(13-5-9(7)11)14-8(4-12)6-15-2/h3,5,8H,4,6H2,1-2H3,(H,13,14). The van der Waals surface area contributed by atoms with Gasteiger partial charge >= 0.3 is 0 Å². The van der Waals surface area contributed by atoms with Crippen molar-refractivity contribution >= 4 is 33.3 Å². The summed E-state index contributed by atoms with van der Waals surface area (Å²) in [5.41, 5.74) is 1.14. The molecule has 0 fully saturated rings. The third-order valence-electron chi connectivity index (χ3n) is 1.95. The van der Waals surface area contributed by atoms with Crippen molar-refractivity contribution in [3.8, 4) is 0 Å². The summed E-state index contributed by atoms with van der Waals surface area (Å²) in [6.07, 6.45) is 1.77. The number of ether oxygens (including phenoxy) is 1. The zero-order valence-corrected chi connectivity index (χ0v) is 11.1. The molecular formula is C10H14BrClN2O. The molecule has 5 heteroatoms. The third kappa shape index (κ3) is 3.97. The van der Waals surface area contributed by atoms with Gasteiger partial charge in [-0.3, -0.25) is 0 Å². The number of rotatable bonds is 5. The molecule has 1 rings (SSSR count). The van der Waals surface area contributed by atoms with Crippen LogP contribution in [0.5, 0.6) is 0 Å². The largest absolute Gasteiger partial charge is 0.383 e. The van der Waals surface area contributed by atoms with Crippen LogP contribution < -0.4 is 5.32 Å². The first-order valence-electron chi connectivity index (χ1n) is 4.61. The second kappa shape index (κ2) is 6.30. The highest BCUT2D eigenvalue weighted by molar-refractivity contribution is 9.10. The Morgan fingerprint density at radius 3 is 2.93 bits per heavy atom. The van der Waals surface area contributed by atoms with E-state index in [4.69, 9.17) is 16.3 Å². The monoisotopic (exact) mass is 292 g/mol. The van der Waals surface area contributed by atoms with E-state index >= 15 is 0 Å². The molecule has 1 heterocycles. The number of nitrogens with zero attached hydrogens (tertiary/aromatic N) is 1. The maximum atomic E-state index is 5.79. The number of aromatic nitrogens is 1. The molecule has 15 heavy (non-hydrogen) atoms. The highest BCUT2D eigenvalue weighted by Gasteiger charge is 2.07. The molecule has 1 aromatic rings. The number of alkyl halides is 1. The van der Waals surface area contributed by atoms with Crippen molar-refractivity contribution in [3.63, 3.8) is 0 Å². The Morgan fingerprint density at radius 1 is 1.67 bits per heavy atom. The minimum absolute atomic E-state index is 0.0877. The summed E-state index contributed by atoms with van der Waals surface area (Å²) in [7, 11) is 1.65. The zero-order valence-electron chi connectivity index (χ0n) is 8.76. The van der Waals surface area contributed by atoms with Gasteiger partial charge in [-0.25, -0.2) is 4.98 Å². The van der Waals surface area contributed by atoms with Crippen LogP contribution in [-0.2, 0) is 4.74 Å². The van der Waals surface area contributed by atoms with Gasteiger partial charge in [0.25, 0.3) is 0 Å². The van der Waals surface area contributed by atoms with Gasteiger partial charge < -0.3 is 10.1 Å². The third-order valence-corrected chi connectivity index (χ3v) is 3.16. The maximum Gasteiger partial charge on any atom is 0.126 e. The summed E-state index contributed by atoms with van der Waals surface area (Å²) < 4.78 is 6.04. The normalized spacial score (nSPS) is 12.5. The van der Waals surface area contributed by atoms with Gasteiger partial charge in [-0.1, -0.05) is 0 Å². The van der Waals surface area contributed by atoms with Crippen molar-refractivity contribution in [2.24, 2.45) is 0 Å². The lowest BCUT2D eigenvalue weighted by Crippen LogP contribution is -2.27. The van der Waals surface area contributed by atoms with Crippen molar-refractivity contribution < 1.29 is 4.74 Å². The van der Waals surface area contributed by atoms with E-state index in [1.165, 1.54) is 0 Å². The van der Waals surface area contributed by atoms with E-state index in [0.717, 1.165) is 15.9 Å². The molecule has 0 amide bonds. The highest BCUT2D eigenvalue weighted by atomic mass is 79.9. The Labute approximate surface area is 103 Å². The predicted octanol–water partition coefficient (Wildman–Crippen LogP) is 2.82. The summed E-state index contributed by atoms with van der Waals surface area (Å²) in [4.78, 5) is 4.24. The second-order valence-electron chi connectivity index (χ2n) is 3.27. The molecule has 1 unspecified atom stereocenters. The molecule has 0 aromatic carbocycles. The molecular weight excluding hydrogens is 279 g/mol. The molecule has 0 aliphatic rings. The van der Waals surface area contributed by atoms with Crippen LogP contribution >= 0.6 is 27.5 Å². The molecule has 0 saturated carbocycles. The van der Waals surface area contributed by atoms with Crippen LogP contribution in [0, 0.1) is 6.92 Å². The maximum absolute atomic E-state index is 5.79. The van der Waals surface area contributed by atoms with E-state index in [2.05, 4.69) is 26.2 Å². The van der Waals surface area contributed by atoms with Gasteiger partial charge in [0.15, 0.2) is 0 Å². The number of pyridine rings is 1. The van der Waals surface area contributed by atoms with Crippen LogP contribution in [0.4, 0.5) is 5.82 Å². The first kappa shape index (κ1) is 12.7. The lowest BCUT2D eigenvalue weighted by molar-refractivity contribution is 0.191. The highest BCUT2D eigenvalue weighted by Crippen LogP contribution is 2.17. The van der Waals surface area contributed by atoms with Crippen LogP contribution in [0.25, 0.3) is 0 Å². The molecule has 0 aliphatic heterocycles. The molecule has 0 bridgehead atoms. The number of hydrogen-bond donors (Lipinski definition) is 1. The van der Waals surface area contributed by atoms with Gasteiger partial charge in [0.1, 0.15) is 5.82 Å². The van der Waals surface area contributed by atoms with Crippen molar-refractivity contribution in [1.82, 2.24) is 4.98 Å². The molecule has 1 aromatic heterocycles. The van der Waals surface area contributed by atoms with Crippen LogP contribution in [0.15, 0.2) is 16.7 Å². The number of anilines is 1. The van der Waals surface area contributed by atoms with Gasteiger partial charge in [0.2, 0.25) is 0 Å². The number of methoxy groups -OCH3 is 1. The van der Waals surface area contributed by atoms with E-state index in [9.17, 15) is 0 Å². The van der Waals surface area contributed by atoms with Crippen LogP contribution in [-0.4, -0.2) is 30.6 Å². The van der Waals surface area contributed by atoms with Crippen molar-refractivity contribution in [2.45, 2.75) is 13.0 Å². The predicted molar refractivity (Wildman–Crippen MR) is 66.7 cm³/mol. The van der Waals surface area contributed by atoms with Gasteiger partial charge in [-0.2, -0.15) is 0 Å². The quantitative estimate of drug-likeness (QED) is 0.848. The number of aryl methyl sites for hydroxylation is 1. The SMILES string of the molecule is COCC(CCl)Nc1cc(C)c(Br)cn1. The van der Waals surface area contributed by atoms with Crippen molar-refractivity contribution in [1.29, 1.82) is 0 Å². The molecule has 0 aliphatic carbocycles. The summed E-state index contributed by atoms with van der Waals surface area (Å²) in [6.45, 7) is 2.59. The first-order valence-corrected chi connectivity index (χ1v) is 5.93. The fourth-order valence-electron chi connectivity index (χ4n) is 1.15. The van der Waals surface area contributed by atoms with E-state index in [0.29, 0.717) is 12.5 Å². The smallest absolute Gasteiger partial charge is 0.126 e. The average Bonchev–Trinajstić information content (AvgIpc) is 2.23. The molecule has 1 atom stereocenters. The van der Waals surface area contributed by atoms with E-state index in [-0.39, 0.29) is 6.04 Å². The van der Waals surface area contributed by atoms with E-state index in [1.54, 1.807) is 13.3 Å². The fraction of sp³-hybridized carbons (Fsp3) is 0.500. The zero-order chi connectivity index (χ0) is 11.3. The Morgan fingerprint density at radius 2 is 2.40 bits per heavy atom. The molecule has 0 saturated heterocycles. The van der Waals surface area contributed by atoms with Gasteiger partial charge in [0, 0.05) is 23.7 Å². The summed E-state index contributed by atoms with van der Waals surface area (Å²) >= 11 is 9.19.